The van der Waals surface area contributed by atoms with E-state index in [1.165, 1.54) is 6.42 Å². The fourth-order valence-electron chi connectivity index (χ4n) is 2.64. The van der Waals surface area contributed by atoms with E-state index in [-0.39, 0.29) is 5.41 Å². The maximum absolute atomic E-state index is 10.8. The van der Waals surface area contributed by atoms with Crippen molar-refractivity contribution < 1.29 is 9.90 Å². The number of carboxylic acid groups (broad SMARTS) is 1. The van der Waals surface area contributed by atoms with Crippen LogP contribution >= 0.6 is 0 Å². The highest BCUT2D eigenvalue weighted by atomic mass is 16.4. The van der Waals surface area contributed by atoms with Crippen LogP contribution in [0.15, 0.2) is 0 Å². The van der Waals surface area contributed by atoms with Crippen LogP contribution in [0.25, 0.3) is 0 Å². The van der Waals surface area contributed by atoms with Gasteiger partial charge in [-0.05, 0) is 19.3 Å². The van der Waals surface area contributed by atoms with Gasteiger partial charge in [-0.15, -0.1) is 0 Å². The Labute approximate surface area is 71.9 Å². The molecule has 0 aromatic carbocycles. The van der Waals surface area contributed by atoms with E-state index in [1.54, 1.807) is 0 Å². The van der Waals surface area contributed by atoms with E-state index < -0.39 is 11.5 Å². The normalized spacial score (nSPS) is 38.1. The average molecular weight is 169 g/mol. The second-order valence-corrected chi connectivity index (χ2v) is 4.29. The minimum absolute atomic E-state index is 0.0168. The zero-order valence-corrected chi connectivity index (χ0v) is 7.18. The van der Waals surface area contributed by atoms with Gasteiger partial charge in [0.1, 0.15) is 5.54 Å². The van der Waals surface area contributed by atoms with Gasteiger partial charge in [-0.2, -0.15) is 0 Å². The van der Waals surface area contributed by atoms with E-state index in [1.807, 2.05) is 0 Å². The standard InChI is InChI=1S/C9H15NO2/c10-9(7(11)12)6-8(9)4-2-1-3-5-8/h1-6,10H2,(H,11,12). The maximum atomic E-state index is 10.8. The number of hydrogen-bond acceptors (Lipinski definition) is 2. The molecule has 1 spiro atoms. The molecular weight excluding hydrogens is 154 g/mol. The summed E-state index contributed by atoms with van der Waals surface area (Å²) in [7, 11) is 0. The van der Waals surface area contributed by atoms with Crippen molar-refractivity contribution >= 4 is 5.97 Å². The molecule has 2 saturated carbocycles. The molecule has 1 atom stereocenters. The van der Waals surface area contributed by atoms with E-state index in [0.717, 1.165) is 25.7 Å². The molecule has 0 radical (unpaired) electrons. The fraction of sp³-hybridized carbons (Fsp3) is 0.889. The third kappa shape index (κ3) is 0.829. The van der Waals surface area contributed by atoms with Gasteiger partial charge in [0.2, 0.25) is 0 Å². The van der Waals surface area contributed by atoms with E-state index in [9.17, 15) is 4.79 Å². The Bertz CT molecular complexity index is 221. The third-order valence-electron chi connectivity index (χ3n) is 3.63. The van der Waals surface area contributed by atoms with Crippen LogP contribution in [0.1, 0.15) is 38.5 Å². The zero-order valence-electron chi connectivity index (χ0n) is 7.18. The van der Waals surface area contributed by atoms with E-state index >= 15 is 0 Å². The summed E-state index contributed by atoms with van der Waals surface area (Å²) >= 11 is 0. The smallest absolute Gasteiger partial charge is 0.324 e. The van der Waals surface area contributed by atoms with Gasteiger partial charge < -0.3 is 10.8 Å². The van der Waals surface area contributed by atoms with Crippen LogP contribution in [0.4, 0.5) is 0 Å². The Morgan fingerprint density at radius 3 is 2.25 bits per heavy atom. The summed E-state index contributed by atoms with van der Waals surface area (Å²) in [5.74, 6) is -0.801. The highest BCUT2D eigenvalue weighted by molar-refractivity contribution is 5.84. The number of aliphatic carboxylic acids is 1. The number of carbonyl (C=O) groups is 1. The van der Waals surface area contributed by atoms with Crippen LogP contribution in [0.3, 0.4) is 0 Å². The first kappa shape index (κ1) is 8.05. The van der Waals surface area contributed by atoms with Gasteiger partial charge in [0.25, 0.3) is 0 Å². The number of nitrogens with two attached hydrogens (primary N) is 1. The summed E-state index contributed by atoms with van der Waals surface area (Å²) in [6.07, 6.45) is 6.32. The van der Waals surface area contributed by atoms with Crippen LogP contribution in [-0.4, -0.2) is 16.6 Å². The average Bonchev–Trinajstić information content (AvgIpc) is 2.59. The van der Waals surface area contributed by atoms with Crippen LogP contribution in [0.5, 0.6) is 0 Å². The molecule has 0 aromatic rings. The highest BCUT2D eigenvalue weighted by Crippen LogP contribution is 2.62. The second-order valence-electron chi connectivity index (χ2n) is 4.29. The van der Waals surface area contributed by atoms with Crippen LogP contribution in [0.2, 0.25) is 0 Å². The van der Waals surface area contributed by atoms with Crippen molar-refractivity contribution in [1.29, 1.82) is 0 Å². The Morgan fingerprint density at radius 1 is 1.25 bits per heavy atom. The molecule has 0 amide bonds. The lowest BCUT2D eigenvalue weighted by atomic mass is 9.83. The predicted molar refractivity (Wildman–Crippen MR) is 44.7 cm³/mol. The summed E-state index contributed by atoms with van der Waals surface area (Å²) in [5.41, 5.74) is 4.92. The molecule has 3 N–H and O–H groups in total. The van der Waals surface area contributed by atoms with Gasteiger partial charge in [0.05, 0.1) is 0 Å². The number of hydrogen-bond donors (Lipinski definition) is 2. The van der Waals surface area contributed by atoms with Gasteiger partial charge in [-0.1, -0.05) is 19.3 Å². The molecule has 3 heteroatoms. The maximum Gasteiger partial charge on any atom is 0.324 e. The third-order valence-corrected chi connectivity index (χ3v) is 3.63. The summed E-state index contributed by atoms with van der Waals surface area (Å²) < 4.78 is 0. The molecule has 0 saturated heterocycles. The zero-order chi connectivity index (χ0) is 8.82. The van der Waals surface area contributed by atoms with Gasteiger partial charge in [-0.3, -0.25) is 4.79 Å². The summed E-state index contributed by atoms with van der Waals surface area (Å²) in [6.45, 7) is 0. The molecule has 12 heavy (non-hydrogen) atoms. The molecule has 0 heterocycles. The Hall–Kier alpha value is -0.570. The summed E-state index contributed by atoms with van der Waals surface area (Å²) in [6, 6.07) is 0. The van der Waals surface area contributed by atoms with Gasteiger partial charge in [-0.25, -0.2) is 0 Å². The van der Waals surface area contributed by atoms with Crippen LogP contribution < -0.4 is 5.73 Å². The minimum Gasteiger partial charge on any atom is -0.480 e. The number of rotatable bonds is 1. The molecule has 0 bridgehead atoms. The second kappa shape index (κ2) is 2.22. The Kier molecular flexibility index (Phi) is 1.49. The van der Waals surface area contributed by atoms with E-state index in [2.05, 4.69) is 0 Å². The molecule has 0 aliphatic heterocycles. The van der Waals surface area contributed by atoms with Crippen molar-refractivity contribution in [2.24, 2.45) is 11.1 Å². The van der Waals surface area contributed by atoms with E-state index in [0.29, 0.717) is 6.42 Å². The van der Waals surface area contributed by atoms with Crippen LogP contribution in [0, 0.1) is 5.41 Å². The monoisotopic (exact) mass is 169 g/mol. The summed E-state index contributed by atoms with van der Waals surface area (Å²) in [5, 5.41) is 8.90. The lowest BCUT2D eigenvalue weighted by Gasteiger charge is -2.24. The van der Waals surface area contributed by atoms with Crippen molar-refractivity contribution in [2.75, 3.05) is 0 Å². The van der Waals surface area contributed by atoms with Gasteiger partial charge in [0, 0.05) is 5.41 Å². The molecule has 1 unspecified atom stereocenters. The minimum atomic E-state index is -0.868. The highest BCUT2D eigenvalue weighted by Gasteiger charge is 2.69. The quantitative estimate of drug-likeness (QED) is 0.618. The van der Waals surface area contributed by atoms with E-state index in [4.69, 9.17) is 10.8 Å². The first-order valence-electron chi connectivity index (χ1n) is 4.63. The first-order chi connectivity index (χ1) is 5.61. The molecule has 0 aromatic heterocycles. The lowest BCUT2D eigenvalue weighted by Crippen LogP contribution is -2.40. The van der Waals surface area contributed by atoms with Crippen molar-refractivity contribution in [3.63, 3.8) is 0 Å². The molecule has 2 aliphatic rings. The Morgan fingerprint density at radius 2 is 1.83 bits per heavy atom. The van der Waals surface area contributed by atoms with Gasteiger partial charge in [0.15, 0.2) is 0 Å². The van der Waals surface area contributed by atoms with Crippen molar-refractivity contribution in [2.45, 2.75) is 44.1 Å². The molecule has 2 fully saturated rings. The SMILES string of the molecule is NC1(C(=O)O)CC12CCCCC2. The summed E-state index contributed by atoms with van der Waals surface area (Å²) in [4.78, 5) is 10.8. The molecule has 2 rings (SSSR count). The number of carboxylic acids is 1. The Balaban J connectivity index is 2.12. The van der Waals surface area contributed by atoms with Crippen LogP contribution in [-0.2, 0) is 4.79 Å². The predicted octanol–water partition coefficient (Wildman–Crippen LogP) is 1.12. The van der Waals surface area contributed by atoms with Crippen molar-refractivity contribution in [3.8, 4) is 0 Å². The van der Waals surface area contributed by atoms with Crippen molar-refractivity contribution in [1.82, 2.24) is 0 Å². The topological polar surface area (TPSA) is 63.3 Å². The first-order valence-corrected chi connectivity index (χ1v) is 4.63. The van der Waals surface area contributed by atoms with Crippen molar-refractivity contribution in [3.05, 3.63) is 0 Å². The molecule has 68 valence electrons. The molecule has 3 nitrogen and oxygen atoms in total. The van der Waals surface area contributed by atoms with Gasteiger partial charge >= 0.3 is 5.97 Å². The molecular formula is C9H15NO2. The largest absolute Gasteiger partial charge is 0.480 e. The lowest BCUT2D eigenvalue weighted by molar-refractivity contribution is -0.141. The molecule has 2 aliphatic carbocycles. The fourth-order valence-corrected chi connectivity index (χ4v) is 2.64.